The minimum Gasteiger partial charge on any atom is -0.0560 e. The average molecular weight is 147 g/mol. The molecule has 0 heteroatoms. The molecule has 1 aromatic rings. The van der Waals surface area contributed by atoms with E-state index in [2.05, 4.69) is 52.0 Å². The molecular weight excluding hydrogens is 132 g/mol. The Morgan fingerprint density at radius 3 is 1.82 bits per heavy atom. The standard InChI is InChI=1S/C11H15/c1-9-5-7-10(8-6-9)11(2,3)4/h5-8H,1H2,2-4H3/q+1. The second-order valence-electron chi connectivity index (χ2n) is 3.95. The van der Waals surface area contributed by atoms with Gasteiger partial charge in [-0.1, -0.05) is 20.8 Å². The van der Waals surface area contributed by atoms with E-state index in [0.717, 1.165) is 5.56 Å². The lowest BCUT2D eigenvalue weighted by Gasteiger charge is -2.16. The van der Waals surface area contributed by atoms with E-state index in [-0.39, 0.29) is 5.41 Å². The van der Waals surface area contributed by atoms with Crippen LogP contribution in [-0.2, 0) is 5.41 Å². The molecular formula is C11H15+. The third-order valence-electron chi connectivity index (χ3n) is 1.82. The van der Waals surface area contributed by atoms with Gasteiger partial charge in [-0.2, -0.15) is 0 Å². The van der Waals surface area contributed by atoms with Crippen molar-refractivity contribution < 1.29 is 0 Å². The number of benzene rings is 1. The van der Waals surface area contributed by atoms with E-state index in [1.807, 2.05) is 0 Å². The molecule has 0 aliphatic rings. The van der Waals surface area contributed by atoms with E-state index in [1.165, 1.54) is 5.56 Å². The molecule has 0 N–H and O–H groups in total. The van der Waals surface area contributed by atoms with Crippen molar-refractivity contribution in [2.45, 2.75) is 26.2 Å². The second kappa shape index (κ2) is 2.61. The van der Waals surface area contributed by atoms with Crippen LogP contribution in [-0.4, -0.2) is 0 Å². The molecule has 0 saturated heterocycles. The summed E-state index contributed by atoms with van der Waals surface area (Å²) in [6, 6.07) is 8.39. The molecule has 0 aliphatic heterocycles. The van der Waals surface area contributed by atoms with Crippen molar-refractivity contribution in [2.75, 3.05) is 0 Å². The van der Waals surface area contributed by atoms with Gasteiger partial charge in [0.25, 0.3) is 0 Å². The highest BCUT2D eigenvalue weighted by Gasteiger charge is 2.14. The number of rotatable bonds is 0. The van der Waals surface area contributed by atoms with E-state index >= 15 is 0 Å². The molecule has 0 amide bonds. The van der Waals surface area contributed by atoms with Crippen LogP contribution in [0.2, 0.25) is 0 Å². The highest BCUT2D eigenvalue weighted by molar-refractivity contribution is 5.28. The van der Waals surface area contributed by atoms with Gasteiger partial charge in [0, 0.05) is 19.1 Å². The Hall–Kier alpha value is -0.910. The molecule has 0 atom stereocenters. The summed E-state index contributed by atoms with van der Waals surface area (Å²) >= 11 is 0. The highest BCUT2D eigenvalue weighted by atomic mass is 14.2. The van der Waals surface area contributed by atoms with E-state index in [1.54, 1.807) is 0 Å². The summed E-state index contributed by atoms with van der Waals surface area (Å²) in [6.45, 7) is 10.5. The van der Waals surface area contributed by atoms with E-state index in [9.17, 15) is 0 Å². The molecule has 0 nitrogen and oxygen atoms in total. The van der Waals surface area contributed by atoms with Crippen LogP contribution in [0.1, 0.15) is 31.9 Å². The summed E-state index contributed by atoms with van der Waals surface area (Å²) in [4.78, 5) is 0. The van der Waals surface area contributed by atoms with Crippen LogP contribution in [0.3, 0.4) is 0 Å². The average Bonchev–Trinajstić information content (AvgIpc) is 1.86. The van der Waals surface area contributed by atoms with Crippen LogP contribution < -0.4 is 0 Å². The predicted octanol–water partition coefficient (Wildman–Crippen LogP) is 3.17. The summed E-state index contributed by atoms with van der Waals surface area (Å²) in [5.74, 6) is 0. The van der Waals surface area contributed by atoms with Gasteiger partial charge in [0.1, 0.15) is 5.56 Å². The fraction of sp³-hybridized carbons (Fsp3) is 0.364. The topological polar surface area (TPSA) is 0 Å². The molecule has 0 bridgehead atoms. The molecule has 0 aliphatic carbocycles. The molecule has 0 heterocycles. The third-order valence-corrected chi connectivity index (χ3v) is 1.82. The summed E-state index contributed by atoms with van der Waals surface area (Å²) in [6.07, 6.45) is 0. The third kappa shape index (κ3) is 2.01. The molecule has 11 heavy (non-hydrogen) atoms. The first-order valence-corrected chi connectivity index (χ1v) is 3.92. The Labute approximate surface area is 69.3 Å². The Kier molecular flexibility index (Phi) is 1.95. The van der Waals surface area contributed by atoms with Gasteiger partial charge in [0.15, 0.2) is 0 Å². The van der Waals surface area contributed by atoms with Gasteiger partial charge in [-0.25, -0.2) is 0 Å². The van der Waals surface area contributed by atoms with Crippen molar-refractivity contribution in [2.24, 2.45) is 0 Å². The predicted molar refractivity (Wildman–Crippen MR) is 49.6 cm³/mol. The summed E-state index contributed by atoms with van der Waals surface area (Å²) < 4.78 is 0. The summed E-state index contributed by atoms with van der Waals surface area (Å²) in [5.41, 5.74) is 2.70. The normalized spacial score (nSPS) is 11.5. The van der Waals surface area contributed by atoms with Gasteiger partial charge < -0.3 is 0 Å². The minimum atomic E-state index is 0.258. The quantitative estimate of drug-likeness (QED) is 0.494. The monoisotopic (exact) mass is 147 g/mol. The highest BCUT2D eigenvalue weighted by Crippen LogP contribution is 2.21. The van der Waals surface area contributed by atoms with Crippen LogP contribution in [0.5, 0.6) is 0 Å². The molecule has 58 valence electrons. The molecule has 0 unspecified atom stereocenters. The van der Waals surface area contributed by atoms with Crippen molar-refractivity contribution in [3.8, 4) is 0 Å². The van der Waals surface area contributed by atoms with Gasteiger partial charge >= 0.3 is 0 Å². The molecule has 0 aromatic heterocycles. The van der Waals surface area contributed by atoms with E-state index < -0.39 is 0 Å². The fourth-order valence-electron chi connectivity index (χ4n) is 1.00. The molecule has 0 fully saturated rings. The maximum Gasteiger partial charge on any atom is 0.126 e. The first-order valence-electron chi connectivity index (χ1n) is 3.92. The minimum absolute atomic E-state index is 0.258. The maximum atomic E-state index is 3.84. The molecule has 0 radical (unpaired) electrons. The van der Waals surface area contributed by atoms with Crippen molar-refractivity contribution in [3.63, 3.8) is 0 Å². The Balaban J connectivity index is 2.99. The number of hydrogen-bond donors (Lipinski definition) is 0. The van der Waals surface area contributed by atoms with Gasteiger partial charge in [0.05, 0.1) is 0 Å². The van der Waals surface area contributed by atoms with Crippen LogP contribution in [0, 0.1) is 6.92 Å². The van der Waals surface area contributed by atoms with Crippen molar-refractivity contribution in [1.82, 2.24) is 0 Å². The largest absolute Gasteiger partial charge is 0.126 e. The molecule has 1 rings (SSSR count). The number of hydrogen-bond acceptors (Lipinski definition) is 0. The first kappa shape index (κ1) is 8.19. The van der Waals surface area contributed by atoms with Gasteiger partial charge in [-0.15, -0.1) is 0 Å². The zero-order valence-electron chi connectivity index (χ0n) is 7.52. The van der Waals surface area contributed by atoms with Crippen molar-refractivity contribution in [3.05, 3.63) is 42.3 Å². The lowest BCUT2D eigenvalue weighted by molar-refractivity contribution is 0.590. The van der Waals surface area contributed by atoms with Gasteiger partial charge in [0.2, 0.25) is 0 Å². The lowest BCUT2D eigenvalue weighted by Crippen LogP contribution is -2.10. The van der Waals surface area contributed by atoms with Gasteiger partial charge in [-0.05, 0) is 23.1 Å². The fourth-order valence-corrected chi connectivity index (χ4v) is 1.00. The smallest absolute Gasteiger partial charge is 0.0560 e. The van der Waals surface area contributed by atoms with E-state index in [0.29, 0.717) is 0 Å². The Morgan fingerprint density at radius 2 is 1.45 bits per heavy atom. The van der Waals surface area contributed by atoms with Crippen molar-refractivity contribution in [1.29, 1.82) is 0 Å². The van der Waals surface area contributed by atoms with Crippen molar-refractivity contribution >= 4 is 0 Å². The lowest BCUT2D eigenvalue weighted by atomic mass is 9.87. The summed E-state index contributed by atoms with van der Waals surface area (Å²) in [7, 11) is 0. The van der Waals surface area contributed by atoms with Crippen LogP contribution >= 0.6 is 0 Å². The van der Waals surface area contributed by atoms with Crippen LogP contribution in [0.25, 0.3) is 0 Å². The SMILES string of the molecule is [CH2+]c1ccc(C(C)(C)C)cc1. The first-order chi connectivity index (χ1) is 5.00. The molecule has 1 aromatic carbocycles. The molecule has 0 saturated carbocycles. The van der Waals surface area contributed by atoms with Crippen LogP contribution in [0.15, 0.2) is 24.3 Å². The van der Waals surface area contributed by atoms with E-state index in [4.69, 9.17) is 0 Å². The zero-order chi connectivity index (χ0) is 8.48. The summed E-state index contributed by atoms with van der Waals surface area (Å²) in [5, 5.41) is 0. The zero-order valence-corrected chi connectivity index (χ0v) is 7.52. The molecule has 0 spiro atoms. The maximum absolute atomic E-state index is 3.84. The van der Waals surface area contributed by atoms with Gasteiger partial charge in [-0.3, -0.25) is 0 Å². The second-order valence-corrected chi connectivity index (χ2v) is 3.95. The Bertz CT molecular complexity index is 223. The van der Waals surface area contributed by atoms with Crippen LogP contribution in [0.4, 0.5) is 0 Å². The Morgan fingerprint density at radius 1 is 1.00 bits per heavy atom.